The number of aliphatic hydroxyl groups excluding tert-OH is 5. The molecule has 9 atom stereocenters. The second-order valence-electron chi connectivity index (χ2n) is 16.0. The topological polar surface area (TPSA) is 214 Å². The normalized spacial score (nSPS) is 26.3. The Morgan fingerprint density at radius 1 is 0.918 bits per heavy atom. The Balaban J connectivity index is 1.39. The molecule has 2 fully saturated rings. The Morgan fingerprint density at radius 2 is 1.61 bits per heavy atom. The molecule has 0 radical (unpaired) electrons. The van der Waals surface area contributed by atoms with Crippen LogP contribution in [0.4, 0.5) is 0 Å². The van der Waals surface area contributed by atoms with E-state index in [1.807, 2.05) is 30.3 Å². The monoisotopic (exact) mass is 852 g/mol. The van der Waals surface area contributed by atoms with Gasteiger partial charge in [-0.25, -0.2) is 4.79 Å². The van der Waals surface area contributed by atoms with E-state index in [-0.39, 0.29) is 38.2 Å². The third-order valence-electron chi connectivity index (χ3n) is 11.5. The molecular weight excluding hydrogens is 789 g/mol. The number of carbonyl (C=O) groups excluding carboxylic acids is 3. The van der Waals surface area contributed by atoms with Crippen LogP contribution in [0.5, 0.6) is 0 Å². The summed E-state index contributed by atoms with van der Waals surface area (Å²) in [6.07, 6.45) is 2.74. The van der Waals surface area contributed by atoms with Crippen LogP contribution in [-0.2, 0) is 39.7 Å². The number of rotatable bonds is 22. The maximum Gasteiger partial charge on any atom is 0.339 e. The van der Waals surface area contributed by atoms with E-state index in [1.54, 1.807) is 49.5 Å². The van der Waals surface area contributed by atoms with Crippen molar-refractivity contribution in [3.63, 3.8) is 0 Å². The van der Waals surface area contributed by atoms with Gasteiger partial charge in [0.05, 0.1) is 25.4 Å². The molecule has 61 heavy (non-hydrogen) atoms. The molecule has 15 nitrogen and oxygen atoms in total. The van der Waals surface area contributed by atoms with Gasteiger partial charge in [-0.2, -0.15) is 0 Å². The van der Waals surface area contributed by atoms with E-state index in [0.29, 0.717) is 24.0 Å². The first-order valence-corrected chi connectivity index (χ1v) is 21.6. The Bertz CT molecular complexity index is 1760. The lowest BCUT2D eigenvalue weighted by molar-refractivity contribution is -0.298. The number of fused-ring (bicyclic) bond motifs is 1. The van der Waals surface area contributed by atoms with Gasteiger partial charge in [0.2, 0.25) is 11.8 Å². The minimum atomic E-state index is -1.58. The molecular formula is C46H64N2O13. The molecule has 9 unspecified atom stereocenters. The number of esters is 1. The number of ether oxygens (including phenoxy) is 5. The summed E-state index contributed by atoms with van der Waals surface area (Å²) >= 11 is 0. The van der Waals surface area contributed by atoms with Crippen LogP contribution in [-0.4, -0.2) is 142 Å². The second-order valence-corrected chi connectivity index (χ2v) is 16.0. The van der Waals surface area contributed by atoms with Crippen molar-refractivity contribution < 1.29 is 63.6 Å². The summed E-state index contributed by atoms with van der Waals surface area (Å²) in [4.78, 5) is 43.5. The number of nitrogens with one attached hydrogen (secondary N) is 1. The summed E-state index contributed by atoms with van der Waals surface area (Å²) in [5, 5.41) is 52.2. The summed E-state index contributed by atoms with van der Waals surface area (Å²) in [5.74, 6) is -2.45. The highest BCUT2D eigenvalue weighted by atomic mass is 16.8. The van der Waals surface area contributed by atoms with Crippen molar-refractivity contribution in [2.75, 3.05) is 33.4 Å². The largest absolute Gasteiger partial charge is 0.456 e. The van der Waals surface area contributed by atoms with E-state index in [9.17, 15) is 39.9 Å². The van der Waals surface area contributed by atoms with Gasteiger partial charge < -0.3 is 59.4 Å². The van der Waals surface area contributed by atoms with E-state index in [2.05, 4.69) is 19.2 Å². The standard InChI is InChI=1S/C46H64N2O13/c1-4-6-13-21-46(22-14-7-5-2)60-36-28-32(43(55)48(3)34(42(54)47-23-24-49)26-30-16-9-8-10-17-30)27-35(41(36)61-46)58-44(56)33-20-12-11-18-31(33)19-15-25-57-45-40(53)39(52)38(51)37(29-50)59-45/h8-12,15-20,28,34-41,45,49-53H,4-7,13-14,21-27,29H2,1-3H3,(H,47,54). The number of likely N-dealkylation sites (N-methyl/N-ethyl adjacent to an activating group) is 1. The first-order chi connectivity index (χ1) is 29.4. The number of carbonyl (C=O) groups is 3. The van der Waals surface area contributed by atoms with E-state index < -0.39 is 85.2 Å². The molecule has 15 heteroatoms. The van der Waals surface area contributed by atoms with Gasteiger partial charge >= 0.3 is 5.97 Å². The molecule has 2 aromatic rings. The van der Waals surface area contributed by atoms with Crippen LogP contribution >= 0.6 is 0 Å². The van der Waals surface area contributed by atoms with Crippen molar-refractivity contribution in [1.29, 1.82) is 0 Å². The van der Waals surface area contributed by atoms with E-state index in [4.69, 9.17) is 23.7 Å². The van der Waals surface area contributed by atoms with Crippen molar-refractivity contribution in [2.24, 2.45) is 0 Å². The average molecular weight is 853 g/mol. The minimum absolute atomic E-state index is 0.000694. The fourth-order valence-corrected chi connectivity index (χ4v) is 8.06. The van der Waals surface area contributed by atoms with E-state index >= 15 is 0 Å². The van der Waals surface area contributed by atoms with Gasteiger partial charge in [-0.15, -0.1) is 0 Å². The molecule has 2 amide bonds. The maximum absolute atomic E-state index is 14.5. The molecule has 0 bridgehead atoms. The third-order valence-corrected chi connectivity index (χ3v) is 11.5. The fourth-order valence-electron chi connectivity index (χ4n) is 8.06. The number of hydrogen-bond donors (Lipinski definition) is 6. The van der Waals surface area contributed by atoms with E-state index in [1.165, 1.54) is 4.90 Å². The van der Waals surface area contributed by atoms with Gasteiger partial charge in [-0.05, 0) is 36.1 Å². The highest BCUT2D eigenvalue weighted by Crippen LogP contribution is 2.43. The quantitative estimate of drug-likeness (QED) is 0.0743. The number of amides is 2. The fraction of sp³-hybridized carbons (Fsp3) is 0.587. The highest BCUT2D eigenvalue weighted by Gasteiger charge is 2.53. The number of hydrogen-bond acceptors (Lipinski definition) is 13. The van der Waals surface area contributed by atoms with Crippen LogP contribution in [0.15, 0.2) is 72.3 Å². The molecule has 3 aliphatic rings. The smallest absolute Gasteiger partial charge is 0.339 e. The van der Waals surface area contributed by atoms with Crippen molar-refractivity contribution >= 4 is 23.9 Å². The number of benzene rings is 2. The Hall–Kier alpha value is -4.03. The highest BCUT2D eigenvalue weighted by molar-refractivity contribution is 5.98. The van der Waals surface area contributed by atoms with Gasteiger partial charge in [0.1, 0.15) is 48.8 Å². The lowest BCUT2D eigenvalue weighted by Gasteiger charge is -2.39. The summed E-state index contributed by atoms with van der Waals surface area (Å²) in [7, 11) is 1.57. The summed E-state index contributed by atoms with van der Waals surface area (Å²) in [6, 6.07) is 15.2. The molecule has 336 valence electrons. The molecule has 0 aromatic heterocycles. The summed E-state index contributed by atoms with van der Waals surface area (Å²) in [5.41, 5.74) is 1.87. The number of unbranched alkanes of at least 4 members (excludes halogenated alkanes) is 4. The average Bonchev–Trinajstić information content (AvgIpc) is 3.64. The maximum atomic E-state index is 14.5. The van der Waals surface area contributed by atoms with Crippen LogP contribution in [0.1, 0.15) is 93.1 Å². The zero-order valence-electron chi connectivity index (χ0n) is 35.5. The van der Waals surface area contributed by atoms with Crippen LogP contribution in [0.3, 0.4) is 0 Å². The Labute approximate surface area is 358 Å². The molecule has 6 N–H and O–H groups in total. The van der Waals surface area contributed by atoms with Gasteiger partial charge in [0, 0.05) is 44.8 Å². The molecule has 2 aromatic carbocycles. The van der Waals surface area contributed by atoms with Gasteiger partial charge in [0.25, 0.3) is 0 Å². The molecule has 0 saturated carbocycles. The first-order valence-electron chi connectivity index (χ1n) is 21.6. The molecule has 2 saturated heterocycles. The molecule has 1 aliphatic carbocycles. The molecule has 2 heterocycles. The summed E-state index contributed by atoms with van der Waals surface area (Å²) in [6.45, 7) is 3.32. The molecule has 0 spiro atoms. The van der Waals surface area contributed by atoms with Crippen molar-refractivity contribution in [1.82, 2.24) is 10.2 Å². The minimum Gasteiger partial charge on any atom is -0.456 e. The van der Waals surface area contributed by atoms with E-state index in [0.717, 1.165) is 44.1 Å². The first kappa shape index (κ1) is 48.0. The Morgan fingerprint density at radius 3 is 2.28 bits per heavy atom. The molecule has 2 aliphatic heterocycles. The lowest BCUT2D eigenvalue weighted by Crippen LogP contribution is -2.59. The third kappa shape index (κ3) is 12.6. The van der Waals surface area contributed by atoms with Crippen molar-refractivity contribution in [3.8, 4) is 0 Å². The summed E-state index contributed by atoms with van der Waals surface area (Å²) < 4.78 is 30.9. The van der Waals surface area contributed by atoms with Crippen LogP contribution < -0.4 is 5.32 Å². The molecule has 5 rings (SSSR count). The Kier molecular flexibility index (Phi) is 18.4. The lowest BCUT2D eigenvalue weighted by atomic mass is 9.90. The predicted octanol–water partition coefficient (Wildman–Crippen LogP) is 3.19. The van der Waals surface area contributed by atoms with Crippen LogP contribution in [0.25, 0.3) is 6.08 Å². The number of aliphatic hydroxyl groups is 5. The zero-order valence-corrected chi connectivity index (χ0v) is 35.5. The van der Waals surface area contributed by atoms with Crippen LogP contribution in [0, 0.1) is 0 Å². The van der Waals surface area contributed by atoms with Crippen molar-refractivity contribution in [2.45, 2.75) is 139 Å². The van der Waals surface area contributed by atoms with Crippen molar-refractivity contribution in [3.05, 3.63) is 89.0 Å². The zero-order chi connectivity index (χ0) is 43.9. The second kappa shape index (κ2) is 23.4. The van der Waals surface area contributed by atoms with Gasteiger partial charge in [0.15, 0.2) is 12.1 Å². The number of nitrogens with zero attached hydrogens (tertiary/aromatic N) is 1. The predicted molar refractivity (Wildman–Crippen MR) is 225 cm³/mol. The van der Waals surface area contributed by atoms with Gasteiger partial charge in [-0.1, -0.05) is 100 Å². The van der Waals surface area contributed by atoms with Crippen LogP contribution in [0.2, 0.25) is 0 Å². The van der Waals surface area contributed by atoms with Gasteiger partial charge in [-0.3, -0.25) is 9.59 Å². The SMILES string of the molecule is CCCCCC1(CCCCC)OC2C=C(C(=O)N(C)C(Cc3ccccc3)C(=O)NCCO)CC(OC(=O)c3ccccc3C=CCOC3OC(CO)C(O)C(O)C3O)C2O1.